The van der Waals surface area contributed by atoms with E-state index in [0.717, 1.165) is 13.1 Å². The maximum absolute atomic E-state index is 5.81. The maximum Gasteiger partial charge on any atom is 0.0364 e. The molecule has 2 rings (SSSR count). The van der Waals surface area contributed by atoms with Crippen molar-refractivity contribution in [3.63, 3.8) is 0 Å². The number of thioether (sulfide) groups is 1. The van der Waals surface area contributed by atoms with E-state index in [2.05, 4.69) is 42.5 Å². The highest BCUT2D eigenvalue weighted by atomic mass is 32.2. The van der Waals surface area contributed by atoms with Crippen LogP contribution in [0.2, 0.25) is 0 Å². The minimum atomic E-state index is 0.410. The predicted molar refractivity (Wildman–Crippen MR) is 72.2 cm³/mol. The molecule has 1 aliphatic carbocycles. The van der Waals surface area contributed by atoms with Gasteiger partial charge in [0.1, 0.15) is 0 Å². The van der Waals surface area contributed by atoms with Crippen LogP contribution in [-0.4, -0.2) is 26.4 Å². The van der Waals surface area contributed by atoms with E-state index in [-0.39, 0.29) is 0 Å². The lowest BCUT2D eigenvalue weighted by atomic mass is 10.1. The summed E-state index contributed by atoms with van der Waals surface area (Å²) in [6.45, 7) is 1.91. The van der Waals surface area contributed by atoms with Gasteiger partial charge in [-0.1, -0.05) is 0 Å². The highest BCUT2D eigenvalue weighted by Crippen LogP contribution is 2.45. The average Bonchev–Trinajstić information content (AvgIpc) is 3.09. The van der Waals surface area contributed by atoms with Crippen LogP contribution in [0.25, 0.3) is 0 Å². The van der Waals surface area contributed by atoms with Crippen molar-refractivity contribution in [1.29, 1.82) is 0 Å². The second-order valence-electron chi connectivity index (χ2n) is 4.76. The van der Waals surface area contributed by atoms with Gasteiger partial charge in [0.05, 0.1) is 0 Å². The summed E-state index contributed by atoms with van der Waals surface area (Å²) >= 11 is 1.78. The Bertz CT molecular complexity index is 343. The summed E-state index contributed by atoms with van der Waals surface area (Å²) < 4.78 is 0. The van der Waals surface area contributed by atoms with E-state index in [9.17, 15) is 0 Å². The molecule has 1 aliphatic rings. The van der Waals surface area contributed by atoms with E-state index in [0.29, 0.717) is 5.41 Å². The fraction of sp³-hybridized carbons (Fsp3) is 0.538. The molecule has 0 heterocycles. The first kappa shape index (κ1) is 11.8. The summed E-state index contributed by atoms with van der Waals surface area (Å²) in [5.74, 6) is 0. The fourth-order valence-electron chi connectivity index (χ4n) is 2.03. The summed E-state index contributed by atoms with van der Waals surface area (Å²) in [7, 11) is 2.16. The Kier molecular flexibility index (Phi) is 3.45. The molecule has 1 fully saturated rings. The smallest absolute Gasteiger partial charge is 0.0364 e. The molecule has 1 saturated carbocycles. The topological polar surface area (TPSA) is 29.3 Å². The first-order chi connectivity index (χ1) is 7.69. The van der Waals surface area contributed by atoms with Gasteiger partial charge in [-0.25, -0.2) is 0 Å². The molecule has 0 radical (unpaired) electrons. The molecule has 16 heavy (non-hydrogen) atoms. The normalized spacial score (nSPS) is 17.2. The molecule has 88 valence electrons. The third-order valence-electron chi connectivity index (χ3n) is 3.48. The molecule has 0 amide bonds. The van der Waals surface area contributed by atoms with Gasteiger partial charge in [0.15, 0.2) is 0 Å². The van der Waals surface area contributed by atoms with Gasteiger partial charge < -0.3 is 10.6 Å². The number of nitrogens with two attached hydrogens (primary N) is 1. The molecule has 0 atom stereocenters. The van der Waals surface area contributed by atoms with Gasteiger partial charge in [0.25, 0.3) is 0 Å². The van der Waals surface area contributed by atoms with Gasteiger partial charge in [-0.3, -0.25) is 0 Å². The van der Waals surface area contributed by atoms with Crippen LogP contribution in [0.15, 0.2) is 29.2 Å². The first-order valence-corrected chi connectivity index (χ1v) is 6.97. The van der Waals surface area contributed by atoms with Gasteiger partial charge in [-0.2, -0.15) is 0 Å². The van der Waals surface area contributed by atoms with E-state index in [1.165, 1.54) is 23.4 Å². The van der Waals surface area contributed by atoms with Gasteiger partial charge >= 0.3 is 0 Å². The number of rotatable bonds is 5. The summed E-state index contributed by atoms with van der Waals surface area (Å²) in [5.41, 5.74) is 7.51. The van der Waals surface area contributed by atoms with Crippen LogP contribution in [-0.2, 0) is 0 Å². The summed E-state index contributed by atoms with van der Waals surface area (Å²) in [4.78, 5) is 3.64. The number of hydrogen-bond donors (Lipinski definition) is 1. The van der Waals surface area contributed by atoms with Crippen molar-refractivity contribution >= 4 is 17.4 Å². The number of nitrogens with zero attached hydrogens (tertiary/aromatic N) is 1. The van der Waals surface area contributed by atoms with Crippen molar-refractivity contribution in [3.05, 3.63) is 24.3 Å². The number of anilines is 1. The highest BCUT2D eigenvalue weighted by Gasteiger charge is 2.41. The zero-order chi connectivity index (χ0) is 11.6. The molecule has 0 aliphatic heterocycles. The van der Waals surface area contributed by atoms with Crippen molar-refractivity contribution in [2.75, 3.05) is 31.3 Å². The Morgan fingerprint density at radius 3 is 2.38 bits per heavy atom. The quantitative estimate of drug-likeness (QED) is 0.797. The molecule has 3 heteroatoms. The maximum atomic E-state index is 5.81. The molecular formula is C13H20N2S. The van der Waals surface area contributed by atoms with Gasteiger partial charge in [0, 0.05) is 29.6 Å². The van der Waals surface area contributed by atoms with Crippen LogP contribution in [0.3, 0.4) is 0 Å². The van der Waals surface area contributed by atoms with E-state index in [1.807, 2.05) is 0 Å². The molecule has 0 spiro atoms. The lowest BCUT2D eigenvalue weighted by Gasteiger charge is -2.24. The summed E-state index contributed by atoms with van der Waals surface area (Å²) in [5, 5.41) is 0. The zero-order valence-corrected chi connectivity index (χ0v) is 10.9. The Morgan fingerprint density at radius 2 is 1.94 bits per heavy atom. The third kappa shape index (κ3) is 2.53. The van der Waals surface area contributed by atoms with E-state index in [4.69, 9.17) is 5.73 Å². The highest BCUT2D eigenvalue weighted by molar-refractivity contribution is 7.98. The minimum Gasteiger partial charge on any atom is -0.374 e. The van der Waals surface area contributed by atoms with E-state index >= 15 is 0 Å². The van der Waals surface area contributed by atoms with Crippen LogP contribution in [0, 0.1) is 5.41 Å². The monoisotopic (exact) mass is 236 g/mol. The van der Waals surface area contributed by atoms with Crippen molar-refractivity contribution < 1.29 is 0 Å². The minimum absolute atomic E-state index is 0.410. The van der Waals surface area contributed by atoms with Crippen LogP contribution in [0.1, 0.15) is 12.8 Å². The Hall–Kier alpha value is -0.670. The molecule has 0 aromatic heterocycles. The van der Waals surface area contributed by atoms with Crippen molar-refractivity contribution in [1.82, 2.24) is 0 Å². The van der Waals surface area contributed by atoms with Gasteiger partial charge in [-0.15, -0.1) is 11.8 Å². The molecule has 2 nitrogen and oxygen atoms in total. The van der Waals surface area contributed by atoms with Crippen LogP contribution in [0.4, 0.5) is 5.69 Å². The number of hydrogen-bond acceptors (Lipinski definition) is 3. The molecule has 0 unspecified atom stereocenters. The fourth-order valence-corrected chi connectivity index (χ4v) is 2.44. The zero-order valence-electron chi connectivity index (χ0n) is 10.1. The Morgan fingerprint density at radius 1 is 1.31 bits per heavy atom. The first-order valence-electron chi connectivity index (χ1n) is 5.74. The van der Waals surface area contributed by atoms with Crippen molar-refractivity contribution in [2.24, 2.45) is 11.1 Å². The van der Waals surface area contributed by atoms with E-state index < -0.39 is 0 Å². The average molecular weight is 236 g/mol. The van der Waals surface area contributed by atoms with Gasteiger partial charge in [0.2, 0.25) is 0 Å². The largest absolute Gasteiger partial charge is 0.374 e. The predicted octanol–water partition coefficient (Wildman–Crippen LogP) is 2.58. The van der Waals surface area contributed by atoms with Crippen LogP contribution < -0.4 is 10.6 Å². The Labute approximate surface area is 102 Å². The standard InChI is InChI=1S/C13H20N2S/c1-15(10-13(9-14)7-8-13)11-3-5-12(16-2)6-4-11/h3-6H,7-10,14H2,1-2H3. The van der Waals surface area contributed by atoms with E-state index in [1.54, 1.807) is 11.8 Å². The second-order valence-corrected chi connectivity index (χ2v) is 5.64. The molecule has 0 saturated heterocycles. The van der Waals surface area contributed by atoms with Crippen molar-refractivity contribution in [2.45, 2.75) is 17.7 Å². The lowest BCUT2D eigenvalue weighted by Crippen LogP contribution is -2.31. The lowest BCUT2D eigenvalue weighted by molar-refractivity contribution is 0.523. The van der Waals surface area contributed by atoms with Crippen molar-refractivity contribution in [3.8, 4) is 0 Å². The number of benzene rings is 1. The molecule has 0 bridgehead atoms. The molecule has 2 N–H and O–H groups in total. The molecule has 1 aromatic carbocycles. The SMILES string of the molecule is CSc1ccc(N(C)CC2(CN)CC2)cc1. The summed E-state index contributed by atoms with van der Waals surface area (Å²) in [6, 6.07) is 8.74. The second kappa shape index (κ2) is 4.68. The third-order valence-corrected chi connectivity index (χ3v) is 4.22. The molecule has 1 aromatic rings. The summed E-state index contributed by atoms with van der Waals surface area (Å²) in [6.07, 6.45) is 4.68. The van der Waals surface area contributed by atoms with Crippen LogP contribution in [0.5, 0.6) is 0 Å². The Balaban J connectivity index is 2.00. The molecular weight excluding hydrogens is 216 g/mol. The van der Waals surface area contributed by atoms with Gasteiger partial charge in [-0.05, 0) is 49.9 Å². The van der Waals surface area contributed by atoms with Crippen LogP contribution >= 0.6 is 11.8 Å².